The SMILES string of the molecule is CCC(C(=O)OC(C)C)n1cnc2sc3c(c2c1=O)CCC3. The Bertz CT molecular complexity index is 776. The molecule has 118 valence electrons. The molecule has 1 atom stereocenters. The summed E-state index contributed by atoms with van der Waals surface area (Å²) in [6.45, 7) is 5.49. The molecule has 2 heterocycles. The molecule has 0 spiro atoms. The highest BCUT2D eigenvalue weighted by molar-refractivity contribution is 7.18. The number of nitrogens with zero attached hydrogens (tertiary/aromatic N) is 2. The smallest absolute Gasteiger partial charge is 0.329 e. The maximum absolute atomic E-state index is 12.9. The molecule has 2 aromatic rings. The zero-order valence-corrected chi connectivity index (χ0v) is 13.9. The quantitative estimate of drug-likeness (QED) is 0.813. The number of carbonyl (C=O) groups is 1. The molecular formula is C16H20N2O3S. The van der Waals surface area contributed by atoms with Crippen molar-refractivity contribution in [2.45, 2.75) is 58.6 Å². The van der Waals surface area contributed by atoms with Crippen LogP contribution in [0.4, 0.5) is 0 Å². The molecule has 0 fully saturated rings. The van der Waals surface area contributed by atoms with Crippen LogP contribution >= 0.6 is 11.3 Å². The average Bonchev–Trinajstić information content (AvgIpc) is 3.01. The predicted molar refractivity (Wildman–Crippen MR) is 86.5 cm³/mol. The van der Waals surface area contributed by atoms with Gasteiger partial charge in [0.1, 0.15) is 10.9 Å². The second-order valence-electron chi connectivity index (χ2n) is 5.90. The lowest BCUT2D eigenvalue weighted by Crippen LogP contribution is -2.32. The Labute approximate surface area is 132 Å². The molecule has 2 aromatic heterocycles. The largest absolute Gasteiger partial charge is 0.461 e. The third-order valence-electron chi connectivity index (χ3n) is 4.00. The van der Waals surface area contributed by atoms with Crippen molar-refractivity contribution in [3.63, 3.8) is 0 Å². The number of carbonyl (C=O) groups excluding carboxylic acids is 1. The van der Waals surface area contributed by atoms with E-state index in [0.29, 0.717) is 11.8 Å². The van der Waals surface area contributed by atoms with Crippen LogP contribution in [0.2, 0.25) is 0 Å². The Morgan fingerprint density at radius 2 is 2.23 bits per heavy atom. The third kappa shape index (κ3) is 2.45. The van der Waals surface area contributed by atoms with Gasteiger partial charge in [-0.3, -0.25) is 9.36 Å². The molecule has 0 aliphatic heterocycles. The minimum atomic E-state index is -0.608. The molecule has 3 rings (SSSR count). The normalized spacial score (nSPS) is 15.3. The van der Waals surface area contributed by atoms with Crippen molar-refractivity contribution in [2.24, 2.45) is 0 Å². The van der Waals surface area contributed by atoms with Crippen LogP contribution < -0.4 is 5.56 Å². The van der Waals surface area contributed by atoms with Crippen LogP contribution in [-0.2, 0) is 22.4 Å². The Balaban J connectivity index is 2.08. The predicted octanol–water partition coefficient (Wildman–Crippen LogP) is 2.85. The van der Waals surface area contributed by atoms with E-state index in [1.807, 2.05) is 6.92 Å². The van der Waals surface area contributed by atoms with Gasteiger partial charge in [-0.05, 0) is 45.1 Å². The lowest BCUT2D eigenvalue weighted by Gasteiger charge is -2.18. The monoisotopic (exact) mass is 320 g/mol. The summed E-state index contributed by atoms with van der Waals surface area (Å²) >= 11 is 1.61. The van der Waals surface area contributed by atoms with Crippen molar-refractivity contribution in [3.05, 3.63) is 27.1 Å². The Morgan fingerprint density at radius 1 is 1.45 bits per heavy atom. The van der Waals surface area contributed by atoms with Gasteiger partial charge in [-0.25, -0.2) is 9.78 Å². The first-order valence-electron chi connectivity index (χ1n) is 7.74. The van der Waals surface area contributed by atoms with Crippen LogP contribution in [0.1, 0.15) is 50.1 Å². The van der Waals surface area contributed by atoms with Crippen LogP contribution in [0.25, 0.3) is 10.2 Å². The van der Waals surface area contributed by atoms with E-state index < -0.39 is 6.04 Å². The summed E-state index contributed by atoms with van der Waals surface area (Å²) in [6.07, 6.45) is 4.86. The summed E-state index contributed by atoms with van der Waals surface area (Å²) in [5.41, 5.74) is 1.02. The van der Waals surface area contributed by atoms with Crippen LogP contribution in [0.3, 0.4) is 0 Å². The molecule has 0 saturated heterocycles. The van der Waals surface area contributed by atoms with Gasteiger partial charge in [0, 0.05) is 4.88 Å². The first kappa shape index (κ1) is 15.2. The van der Waals surface area contributed by atoms with Crippen molar-refractivity contribution in [1.82, 2.24) is 9.55 Å². The molecular weight excluding hydrogens is 300 g/mol. The second-order valence-corrected chi connectivity index (χ2v) is 6.99. The molecule has 0 aromatic carbocycles. The molecule has 0 N–H and O–H groups in total. The molecule has 1 unspecified atom stereocenters. The molecule has 22 heavy (non-hydrogen) atoms. The fourth-order valence-corrected chi connectivity index (χ4v) is 4.23. The number of ether oxygens (including phenoxy) is 1. The molecule has 1 aliphatic carbocycles. The van der Waals surface area contributed by atoms with Gasteiger partial charge in [-0.15, -0.1) is 11.3 Å². The summed E-state index contributed by atoms with van der Waals surface area (Å²) in [7, 11) is 0. The van der Waals surface area contributed by atoms with Gasteiger partial charge in [-0.2, -0.15) is 0 Å². The average molecular weight is 320 g/mol. The maximum Gasteiger partial charge on any atom is 0.329 e. The minimum Gasteiger partial charge on any atom is -0.461 e. The van der Waals surface area contributed by atoms with E-state index in [-0.39, 0.29) is 17.6 Å². The van der Waals surface area contributed by atoms with Gasteiger partial charge < -0.3 is 4.74 Å². The number of hydrogen-bond acceptors (Lipinski definition) is 5. The maximum atomic E-state index is 12.9. The van der Waals surface area contributed by atoms with Crippen molar-refractivity contribution >= 4 is 27.5 Å². The lowest BCUT2D eigenvalue weighted by molar-refractivity contribution is -0.151. The number of esters is 1. The van der Waals surface area contributed by atoms with E-state index in [0.717, 1.165) is 29.7 Å². The van der Waals surface area contributed by atoms with Gasteiger partial charge in [-0.1, -0.05) is 6.92 Å². The van der Waals surface area contributed by atoms with Crippen molar-refractivity contribution < 1.29 is 9.53 Å². The first-order valence-corrected chi connectivity index (χ1v) is 8.56. The summed E-state index contributed by atoms with van der Waals surface area (Å²) < 4.78 is 6.72. The molecule has 0 saturated carbocycles. The molecule has 0 amide bonds. The minimum absolute atomic E-state index is 0.114. The standard InChI is InChI=1S/C16H20N2O3S/c1-4-11(16(20)21-9(2)3)18-8-17-14-13(15(18)19)10-6-5-7-12(10)22-14/h8-9,11H,4-7H2,1-3H3. The van der Waals surface area contributed by atoms with E-state index in [1.54, 1.807) is 25.2 Å². The second kappa shape index (κ2) is 5.83. The topological polar surface area (TPSA) is 61.2 Å². The van der Waals surface area contributed by atoms with Gasteiger partial charge in [0.05, 0.1) is 17.8 Å². The lowest BCUT2D eigenvalue weighted by atomic mass is 10.2. The molecule has 6 heteroatoms. The van der Waals surface area contributed by atoms with Crippen LogP contribution in [0, 0.1) is 0 Å². The molecule has 0 radical (unpaired) electrons. The summed E-state index contributed by atoms with van der Waals surface area (Å²) in [6, 6.07) is -0.608. The van der Waals surface area contributed by atoms with Crippen molar-refractivity contribution in [1.29, 1.82) is 0 Å². The Hall–Kier alpha value is -1.69. The zero-order valence-electron chi connectivity index (χ0n) is 13.1. The van der Waals surface area contributed by atoms with Crippen molar-refractivity contribution in [3.8, 4) is 0 Å². The molecule has 5 nitrogen and oxygen atoms in total. The fraction of sp³-hybridized carbons (Fsp3) is 0.562. The highest BCUT2D eigenvalue weighted by atomic mass is 32.1. The number of thiophene rings is 1. The van der Waals surface area contributed by atoms with Crippen LogP contribution in [-0.4, -0.2) is 21.6 Å². The van der Waals surface area contributed by atoms with Gasteiger partial charge >= 0.3 is 5.97 Å². The summed E-state index contributed by atoms with van der Waals surface area (Å²) in [5, 5.41) is 0.704. The molecule has 0 bridgehead atoms. The number of aromatic nitrogens is 2. The van der Waals surface area contributed by atoms with E-state index in [4.69, 9.17) is 4.74 Å². The fourth-order valence-electron chi connectivity index (χ4n) is 3.01. The molecule has 1 aliphatic rings. The van der Waals surface area contributed by atoms with E-state index in [2.05, 4.69) is 4.98 Å². The Morgan fingerprint density at radius 3 is 2.91 bits per heavy atom. The Kier molecular flexibility index (Phi) is 4.04. The summed E-state index contributed by atoms with van der Waals surface area (Å²) in [5.74, 6) is -0.368. The van der Waals surface area contributed by atoms with Crippen LogP contribution in [0.5, 0.6) is 0 Å². The number of rotatable bonds is 4. The van der Waals surface area contributed by atoms with Gasteiger partial charge in [0.25, 0.3) is 5.56 Å². The van der Waals surface area contributed by atoms with Gasteiger partial charge in [0.15, 0.2) is 0 Å². The summed E-state index contributed by atoms with van der Waals surface area (Å²) in [4.78, 5) is 31.6. The number of aryl methyl sites for hydroxylation is 2. The highest BCUT2D eigenvalue weighted by Gasteiger charge is 2.26. The van der Waals surface area contributed by atoms with Gasteiger partial charge in [0.2, 0.25) is 0 Å². The highest BCUT2D eigenvalue weighted by Crippen LogP contribution is 2.34. The number of fused-ring (bicyclic) bond motifs is 3. The number of hydrogen-bond donors (Lipinski definition) is 0. The first-order chi connectivity index (χ1) is 10.5. The third-order valence-corrected chi connectivity index (χ3v) is 5.20. The van der Waals surface area contributed by atoms with E-state index >= 15 is 0 Å². The van der Waals surface area contributed by atoms with E-state index in [9.17, 15) is 9.59 Å². The van der Waals surface area contributed by atoms with Crippen molar-refractivity contribution in [2.75, 3.05) is 0 Å². The van der Waals surface area contributed by atoms with Crippen LogP contribution in [0.15, 0.2) is 11.1 Å². The zero-order chi connectivity index (χ0) is 15.9. The van der Waals surface area contributed by atoms with E-state index in [1.165, 1.54) is 15.8 Å².